The molecule has 13 heavy (non-hydrogen) atoms. The number of alkyl carbamates (subject to hydrolysis) is 1. The molecule has 0 heterocycles. The number of ether oxygens (including phenoxy) is 1. The quantitative estimate of drug-likeness (QED) is 0.675. The van der Waals surface area contributed by atoms with Gasteiger partial charge in [-0.2, -0.15) is 0 Å². The SMILES string of the molecule is CC(C)(C)OC(=O)N[C@H]1C[C@@H]1CO. The van der Waals surface area contributed by atoms with Gasteiger partial charge in [0.2, 0.25) is 0 Å². The van der Waals surface area contributed by atoms with E-state index in [9.17, 15) is 4.79 Å². The number of carbonyl (C=O) groups is 1. The number of aliphatic hydroxyl groups excluding tert-OH is 1. The lowest BCUT2D eigenvalue weighted by Gasteiger charge is -2.19. The molecule has 1 saturated carbocycles. The van der Waals surface area contributed by atoms with Crippen LogP contribution in [0.1, 0.15) is 27.2 Å². The molecule has 0 aromatic carbocycles. The van der Waals surface area contributed by atoms with E-state index in [4.69, 9.17) is 9.84 Å². The minimum absolute atomic E-state index is 0.111. The van der Waals surface area contributed by atoms with Gasteiger partial charge in [-0.1, -0.05) is 0 Å². The largest absolute Gasteiger partial charge is 0.444 e. The van der Waals surface area contributed by atoms with Crippen molar-refractivity contribution in [2.24, 2.45) is 5.92 Å². The number of amides is 1. The lowest BCUT2D eigenvalue weighted by atomic mass is 10.2. The van der Waals surface area contributed by atoms with Crippen LogP contribution in [0.4, 0.5) is 4.79 Å². The van der Waals surface area contributed by atoms with Gasteiger partial charge in [-0.3, -0.25) is 0 Å². The first-order valence-electron chi connectivity index (χ1n) is 4.53. The molecule has 1 aliphatic rings. The lowest BCUT2D eigenvalue weighted by molar-refractivity contribution is 0.0519. The summed E-state index contributed by atoms with van der Waals surface area (Å²) in [4.78, 5) is 11.2. The van der Waals surface area contributed by atoms with E-state index in [1.165, 1.54) is 0 Å². The number of rotatable bonds is 2. The Morgan fingerprint density at radius 1 is 1.62 bits per heavy atom. The van der Waals surface area contributed by atoms with Crippen LogP contribution in [-0.2, 0) is 4.74 Å². The fraction of sp³-hybridized carbons (Fsp3) is 0.889. The third kappa shape index (κ3) is 3.63. The zero-order valence-electron chi connectivity index (χ0n) is 8.33. The van der Waals surface area contributed by atoms with Gasteiger partial charge in [-0.25, -0.2) is 4.79 Å². The van der Waals surface area contributed by atoms with E-state index < -0.39 is 11.7 Å². The topological polar surface area (TPSA) is 58.6 Å². The van der Waals surface area contributed by atoms with Gasteiger partial charge >= 0.3 is 6.09 Å². The van der Waals surface area contributed by atoms with Gasteiger partial charge in [0.15, 0.2) is 0 Å². The second-order valence-electron chi connectivity index (χ2n) is 4.43. The molecule has 1 aliphatic carbocycles. The van der Waals surface area contributed by atoms with Crippen LogP contribution in [0.25, 0.3) is 0 Å². The number of hydrogen-bond donors (Lipinski definition) is 2. The van der Waals surface area contributed by atoms with Gasteiger partial charge in [0.05, 0.1) is 0 Å². The van der Waals surface area contributed by atoms with Crippen molar-refractivity contribution in [2.75, 3.05) is 6.61 Å². The van der Waals surface area contributed by atoms with Crippen LogP contribution in [-0.4, -0.2) is 29.4 Å². The second kappa shape index (κ2) is 3.54. The Balaban J connectivity index is 2.20. The molecule has 0 spiro atoms. The average Bonchev–Trinajstić information content (AvgIpc) is 2.62. The fourth-order valence-corrected chi connectivity index (χ4v) is 1.09. The van der Waals surface area contributed by atoms with E-state index >= 15 is 0 Å². The van der Waals surface area contributed by atoms with Crippen LogP contribution >= 0.6 is 0 Å². The van der Waals surface area contributed by atoms with Gasteiger partial charge in [-0.05, 0) is 27.2 Å². The third-order valence-corrected chi connectivity index (χ3v) is 1.86. The number of nitrogens with one attached hydrogen (secondary N) is 1. The van der Waals surface area contributed by atoms with Crippen molar-refractivity contribution in [3.63, 3.8) is 0 Å². The summed E-state index contributed by atoms with van der Waals surface area (Å²) in [6.45, 7) is 5.61. The first kappa shape index (κ1) is 10.3. The minimum Gasteiger partial charge on any atom is -0.444 e. The molecule has 76 valence electrons. The molecule has 2 atom stereocenters. The number of carbonyl (C=O) groups excluding carboxylic acids is 1. The van der Waals surface area contributed by atoms with Crippen LogP contribution in [0, 0.1) is 5.92 Å². The molecule has 0 bridgehead atoms. The highest BCUT2D eigenvalue weighted by molar-refractivity contribution is 5.68. The summed E-state index contributed by atoms with van der Waals surface area (Å²) >= 11 is 0. The Kier molecular flexibility index (Phi) is 2.81. The highest BCUT2D eigenvalue weighted by Crippen LogP contribution is 2.29. The van der Waals surface area contributed by atoms with Crippen LogP contribution < -0.4 is 5.32 Å². The maximum Gasteiger partial charge on any atom is 0.407 e. The van der Waals surface area contributed by atoms with E-state index in [0.29, 0.717) is 0 Å². The van der Waals surface area contributed by atoms with E-state index in [1.54, 1.807) is 0 Å². The summed E-state index contributed by atoms with van der Waals surface area (Å²) in [6.07, 6.45) is 0.462. The standard InChI is InChI=1S/C9H17NO3/c1-9(2,3)13-8(12)10-7-4-6(7)5-11/h6-7,11H,4-5H2,1-3H3,(H,10,12)/t6-,7+/m1/s1. The molecule has 0 aromatic rings. The Morgan fingerprint density at radius 2 is 2.23 bits per heavy atom. The van der Waals surface area contributed by atoms with Crippen molar-refractivity contribution >= 4 is 6.09 Å². The van der Waals surface area contributed by atoms with Gasteiger partial charge < -0.3 is 15.2 Å². The Bertz CT molecular complexity index is 198. The molecule has 2 N–H and O–H groups in total. The van der Waals surface area contributed by atoms with Gasteiger partial charge in [0, 0.05) is 18.6 Å². The molecule has 0 saturated heterocycles. The Hall–Kier alpha value is -0.770. The van der Waals surface area contributed by atoms with E-state index in [1.807, 2.05) is 20.8 Å². The smallest absolute Gasteiger partial charge is 0.407 e. The van der Waals surface area contributed by atoms with Crippen molar-refractivity contribution in [1.82, 2.24) is 5.32 Å². The number of hydrogen-bond acceptors (Lipinski definition) is 3. The Labute approximate surface area is 78.3 Å². The van der Waals surface area contributed by atoms with E-state index in [-0.39, 0.29) is 18.6 Å². The maximum absolute atomic E-state index is 11.2. The van der Waals surface area contributed by atoms with E-state index in [2.05, 4.69) is 5.32 Å². The first-order valence-corrected chi connectivity index (χ1v) is 4.53. The third-order valence-electron chi connectivity index (χ3n) is 1.86. The summed E-state index contributed by atoms with van der Waals surface area (Å²) in [5.74, 6) is 0.229. The summed E-state index contributed by atoms with van der Waals surface area (Å²) in [7, 11) is 0. The Morgan fingerprint density at radius 3 is 2.62 bits per heavy atom. The van der Waals surface area contributed by atoms with Gasteiger partial charge in [0.25, 0.3) is 0 Å². The highest BCUT2D eigenvalue weighted by Gasteiger charge is 2.38. The summed E-state index contributed by atoms with van der Waals surface area (Å²) in [6, 6.07) is 0.111. The second-order valence-corrected chi connectivity index (χ2v) is 4.43. The molecule has 0 unspecified atom stereocenters. The summed E-state index contributed by atoms with van der Waals surface area (Å²) in [5, 5.41) is 11.4. The van der Waals surface area contributed by atoms with Gasteiger partial charge in [0.1, 0.15) is 5.60 Å². The molecule has 1 amide bonds. The zero-order chi connectivity index (χ0) is 10.1. The highest BCUT2D eigenvalue weighted by atomic mass is 16.6. The van der Waals surface area contributed by atoms with Gasteiger partial charge in [-0.15, -0.1) is 0 Å². The van der Waals surface area contributed by atoms with Crippen molar-refractivity contribution in [1.29, 1.82) is 0 Å². The van der Waals surface area contributed by atoms with Crippen molar-refractivity contribution in [3.05, 3.63) is 0 Å². The van der Waals surface area contributed by atoms with Crippen LogP contribution in [0.15, 0.2) is 0 Å². The van der Waals surface area contributed by atoms with E-state index in [0.717, 1.165) is 6.42 Å². The monoisotopic (exact) mass is 187 g/mol. The molecule has 1 rings (SSSR count). The molecule has 0 radical (unpaired) electrons. The predicted molar refractivity (Wildman–Crippen MR) is 48.4 cm³/mol. The predicted octanol–water partition coefficient (Wildman–Crippen LogP) is 0.892. The zero-order valence-corrected chi connectivity index (χ0v) is 8.33. The van der Waals surface area contributed by atoms with Crippen LogP contribution in [0.5, 0.6) is 0 Å². The molecule has 0 aliphatic heterocycles. The fourth-order valence-electron chi connectivity index (χ4n) is 1.09. The molecule has 0 aromatic heterocycles. The van der Waals surface area contributed by atoms with Crippen molar-refractivity contribution in [3.8, 4) is 0 Å². The summed E-state index contributed by atoms with van der Waals surface area (Å²) in [5.41, 5.74) is -0.451. The maximum atomic E-state index is 11.2. The molecule has 4 nitrogen and oxygen atoms in total. The van der Waals surface area contributed by atoms with Crippen LogP contribution in [0.3, 0.4) is 0 Å². The van der Waals surface area contributed by atoms with Crippen molar-refractivity contribution < 1.29 is 14.6 Å². The lowest BCUT2D eigenvalue weighted by Crippen LogP contribution is -2.34. The molecular weight excluding hydrogens is 170 g/mol. The molecular formula is C9H17NO3. The summed E-state index contributed by atoms with van der Waals surface area (Å²) < 4.78 is 5.05. The van der Waals surface area contributed by atoms with Crippen LogP contribution in [0.2, 0.25) is 0 Å². The normalized spacial score (nSPS) is 26.8. The molecule has 1 fully saturated rings. The minimum atomic E-state index is -0.451. The van der Waals surface area contributed by atoms with Crippen molar-refractivity contribution in [2.45, 2.75) is 38.8 Å². The first-order chi connectivity index (χ1) is 5.92. The molecule has 4 heteroatoms. The number of aliphatic hydroxyl groups is 1. The average molecular weight is 187 g/mol.